The van der Waals surface area contributed by atoms with Gasteiger partial charge < -0.3 is 35.1 Å². The van der Waals surface area contributed by atoms with E-state index in [1.54, 1.807) is 12.1 Å². The number of fused-ring (bicyclic) bond motifs is 3. The van der Waals surface area contributed by atoms with Crippen LogP contribution >= 0.6 is 0 Å². The average Bonchev–Trinajstić information content (AvgIpc) is 3.59. The standard InChI is InChI=1S/C40H47FN6O11S/c1-2-25-19-40(25)37(51)45-59(54,55)33-13-7-6-12-31(33)43-34(48)14-5-3-4-10-26(42-38(52)57-27-15-16-56-23-27)17-35(49)47-21-28(18-32(47)36(50)44-40)58-39(53)46-20-24-9-8-11-30(41)29(24)22-46/h2,6-9,11-13,25-28,32H,1,3-5,10,14-23H2,(H,42,52)(H,43,48)(H,44,50)(H,45,51)/t25-,26?,27?,28+,32-,40-/m0/s1. The number of ether oxygens (including phenoxy) is 3. The Morgan fingerprint density at radius 3 is 2.56 bits per heavy atom. The number of hydrogen-bond donors (Lipinski definition) is 4. The quantitative estimate of drug-likeness (QED) is 0.328. The SMILES string of the molecule is C=C[C@H]1C[C@]12NC(=O)[C@@H]1C[C@@H](OC(=O)N3Cc4cccc(F)c4C3)CN1C(=O)CC(NC(=O)OC1CCOC1)CCCCCC(=O)Nc1ccccc1S(=O)(=O)NC2=O. The smallest absolute Gasteiger partial charge is 0.410 e. The van der Waals surface area contributed by atoms with Crippen molar-refractivity contribution in [3.05, 3.63) is 72.1 Å². The molecule has 2 saturated heterocycles. The molecule has 0 bridgehead atoms. The molecule has 2 unspecified atom stereocenters. The molecule has 3 fully saturated rings. The minimum absolute atomic E-state index is 0.00667. The van der Waals surface area contributed by atoms with Crippen LogP contribution in [0.3, 0.4) is 0 Å². The number of para-hydroxylation sites is 1. The number of carbonyl (C=O) groups is 6. The highest BCUT2D eigenvalue weighted by Crippen LogP contribution is 2.45. The first-order valence-corrected chi connectivity index (χ1v) is 21.2. The predicted octanol–water partition coefficient (Wildman–Crippen LogP) is 2.99. The van der Waals surface area contributed by atoms with Gasteiger partial charge in [-0.2, -0.15) is 0 Å². The summed E-state index contributed by atoms with van der Waals surface area (Å²) in [6.45, 7) is 4.27. The molecule has 19 heteroatoms. The van der Waals surface area contributed by atoms with Crippen LogP contribution in [-0.2, 0) is 56.5 Å². The van der Waals surface area contributed by atoms with Crippen LogP contribution < -0.4 is 20.7 Å². The summed E-state index contributed by atoms with van der Waals surface area (Å²) in [4.78, 5) is 84.0. The van der Waals surface area contributed by atoms with E-state index < -0.39 is 87.4 Å². The summed E-state index contributed by atoms with van der Waals surface area (Å²) >= 11 is 0. The molecular formula is C40H47FN6O11S. The van der Waals surface area contributed by atoms with E-state index in [1.807, 2.05) is 0 Å². The molecular weight excluding hydrogens is 792 g/mol. The summed E-state index contributed by atoms with van der Waals surface area (Å²) in [5, 5.41) is 8.08. The lowest BCUT2D eigenvalue weighted by atomic mass is 10.0. The molecule has 1 spiro atoms. The van der Waals surface area contributed by atoms with E-state index in [0.717, 1.165) is 0 Å². The highest BCUT2D eigenvalue weighted by Gasteiger charge is 2.61. The maximum absolute atomic E-state index is 14.5. The maximum atomic E-state index is 14.5. The van der Waals surface area contributed by atoms with Crippen molar-refractivity contribution < 1.29 is 55.8 Å². The molecule has 4 heterocycles. The largest absolute Gasteiger partial charge is 0.444 e. The fourth-order valence-corrected chi connectivity index (χ4v) is 9.32. The monoisotopic (exact) mass is 838 g/mol. The summed E-state index contributed by atoms with van der Waals surface area (Å²) in [6, 6.07) is 8.11. The third-order valence-electron chi connectivity index (χ3n) is 11.4. The summed E-state index contributed by atoms with van der Waals surface area (Å²) in [5.41, 5.74) is -0.820. The number of rotatable bonds is 4. The number of nitrogens with one attached hydrogen (secondary N) is 4. The molecule has 59 heavy (non-hydrogen) atoms. The van der Waals surface area contributed by atoms with Crippen LogP contribution in [-0.4, -0.2) is 104 Å². The van der Waals surface area contributed by atoms with Crippen LogP contribution in [0.25, 0.3) is 0 Å². The van der Waals surface area contributed by atoms with Crippen molar-refractivity contribution in [1.82, 2.24) is 25.2 Å². The minimum atomic E-state index is -4.59. The first kappa shape index (κ1) is 41.6. The Morgan fingerprint density at radius 1 is 1.00 bits per heavy atom. The van der Waals surface area contributed by atoms with E-state index in [0.29, 0.717) is 49.8 Å². The second-order valence-corrected chi connectivity index (χ2v) is 17.2. The number of carbonyl (C=O) groups excluding carboxylic acids is 6. The lowest BCUT2D eigenvalue weighted by Crippen LogP contribution is -2.56. The predicted molar refractivity (Wildman–Crippen MR) is 206 cm³/mol. The van der Waals surface area contributed by atoms with Gasteiger partial charge in [0.05, 0.1) is 32.0 Å². The number of halogens is 1. The van der Waals surface area contributed by atoms with E-state index >= 15 is 0 Å². The van der Waals surface area contributed by atoms with Crippen molar-refractivity contribution >= 4 is 51.5 Å². The normalized spacial score (nSPS) is 28.6. The van der Waals surface area contributed by atoms with E-state index in [-0.39, 0.29) is 62.5 Å². The number of sulfonamides is 1. The van der Waals surface area contributed by atoms with Crippen molar-refractivity contribution in [3.8, 4) is 0 Å². The molecule has 4 N–H and O–H groups in total. The molecule has 6 amide bonds. The lowest BCUT2D eigenvalue weighted by Gasteiger charge is -2.28. The van der Waals surface area contributed by atoms with E-state index in [1.165, 1.54) is 46.2 Å². The highest BCUT2D eigenvalue weighted by molar-refractivity contribution is 7.90. The zero-order chi connectivity index (χ0) is 41.9. The Hall–Kier alpha value is -5.56. The molecule has 1 saturated carbocycles. The van der Waals surface area contributed by atoms with E-state index in [4.69, 9.17) is 14.2 Å². The van der Waals surface area contributed by atoms with Crippen LogP contribution in [0.15, 0.2) is 60.0 Å². The van der Waals surface area contributed by atoms with Gasteiger partial charge in [0.1, 0.15) is 34.5 Å². The second kappa shape index (κ2) is 17.3. The van der Waals surface area contributed by atoms with Crippen molar-refractivity contribution in [2.75, 3.05) is 25.1 Å². The number of alkyl carbamates (subject to hydrolysis) is 1. The first-order valence-electron chi connectivity index (χ1n) is 19.7. The Kier molecular flexibility index (Phi) is 12.2. The van der Waals surface area contributed by atoms with Gasteiger partial charge in [-0.05, 0) is 43.0 Å². The summed E-state index contributed by atoms with van der Waals surface area (Å²) in [7, 11) is -4.59. The molecule has 0 aromatic heterocycles. The molecule has 0 radical (unpaired) electrons. The third-order valence-corrected chi connectivity index (χ3v) is 12.8. The third kappa shape index (κ3) is 9.35. The summed E-state index contributed by atoms with van der Waals surface area (Å²) in [5.74, 6) is -4.04. The Morgan fingerprint density at radius 2 is 1.81 bits per heavy atom. The molecule has 2 aromatic carbocycles. The number of hydrogen-bond acceptors (Lipinski definition) is 11. The van der Waals surface area contributed by atoms with Gasteiger partial charge in [0.15, 0.2) is 0 Å². The van der Waals surface area contributed by atoms with Gasteiger partial charge in [0.2, 0.25) is 17.7 Å². The number of nitrogens with zero attached hydrogens (tertiary/aromatic N) is 2. The van der Waals surface area contributed by atoms with Crippen molar-refractivity contribution in [2.45, 2.75) is 106 Å². The van der Waals surface area contributed by atoms with Gasteiger partial charge >= 0.3 is 12.2 Å². The van der Waals surface area contributed by atoms with Crippen molar-refractivity contribution in [2.24, 2.45) is 5.92 Å². The molecule has 7 rings (SSSR count). The van der Waals surface area contributed by atoms with Crippen molar-refractivity contribution in [1.29, 1.82) is 0 Å². The average molecular weight is 839 g/mol. The fourth-order valence-electron chi connectivity index (χ4n) is 8.12. The zero-order valence-corrected chi connectivity index (χ0v) is 33.1. The molecule has 17 nitrogen and oxygen atoms in total. The molecule has 4 aliphatic heterocycles. The summed E-state index contributed by atoms with van der Waals surface area (Å²) < 4.78 is 60.5. The molecule has 2 aromatic rings. The minimum Gasteiger partial charge on any atom is -0.444 e. The van der Waals surface area contributed by atoms with Gasteiger partial charge in [0.25, 0.3) is 15.9 Å². The molecule has 6 atom stereocenters. The highest BCUT2D eigenvalue weighted by atomic mass is 32.2. The first-order chi connectivity index (χ1) is 28.3. The fraction of sp³-hybridized carbons (Fsp3) is 0.500. The molecule has 1 aliphatic carbocycles. The number of benzene rings is 2. The van der Waals surface area contributed by atoms with Gasteiger partial charge in [-0.1, -0.05) is 43.2 Å². The van der Waals surface area contributed by atoms with Crippen LogP contribution in [0.1, 0.15) is 68.9 Å². The Labute approximate surface area is 340 Å². The van der Waals surface area contributed by atoms with E-state index in [2.05, 4.69) is 27.3 Å². The van der Waals surface area contributed by atoms with E-state index in [9.17, 15) is 41.6 Å². The van der Waals surface area contributed by atoms with Crippen LogP contribution in [0.4, 0.5) is 19.7 Å². The lowest BCUT2D eigenvalue weighted by molar-refractivity contribution is -0.140. The summed E-state index contributed by atoms with van der Waals surface area (Å²) in [6.07, 6.45) is 0.181. The Bertz CT molecular complexity index is 2130. The van der Waals surface area contributed by atoms with Crippen LogP contribution in [0, 0.1) is 11.7 Å². The molecule has 5 aliphatic rings. The van der Waals surface area contributed by atoms with Crippen LogP contribution in [0.2, 0.25) is 0 Å². The number of anilines is 1. The molecule has 316 valence electrons. The topological polar surface area (TPSA) is 219 Å². The number of amides is 6. The second-order valence-electron chi connectivity index (χ2n) is 15.6. The zero-order valence-electron chi connectivity index (χ0n) is 32.3. The Balaban J connectivity index is 1.15. The van der Waals surface area contributed by atoms with Crippen molar-refractivity contribution in [3.63, 3.8) is 0 Å². The van der Waals surface area contributed by atoms with Crippen LogP contribution in [0.5, 0.6) is 0 Å². The maximum Gasteiger partial charge on any atom is 0.410 e. The van der Waals surface area contributed by atoms with Gasteiger partial charge in [-0.3, -0.25) is 24.1 Å². The van der Waals surface area contributed by atoms with Gasteiger partial charge in [0, 0.05) is 49.8 Å². The van der Waals surface area contributed by atoms with Gasteiger partial charge in [-0.15, -0.1) is 6.58 Å². The van der Waals surface area contributed by atoms with Gasteiger partial charge in [-0.25, -0.2) is 27.1 Å².